The minimum Gasteiger partial charge on any atom is -0.481 e. The first-order chi connectivity index (χ1) is 8.78. The van der Waals surface area contributed by atoms with Crippen molar-refractivity contribution in [1.29, 1.82) is 0 Å². The molecule has 0 saturated carbocycles. The van der Waals surface area contributed by atoms with Crippen LogP contribution in [0.3, 0.4) is 0 Å². The lowest BCUT2D eigenvalue weighted by Crippen LogP contribution is -2.32. The summed E-state index contributed by atoms with van der Waals surface area (Å²) < 4.78 is 10.6. The predicted molar refractivity (Wildman–Crippen MR) is 67.5 cm³/mol. The Labute approximate surface area is 107 Å². The average Bonchev–Trinajstić information content (AvgIpc) is 2.81. The van der Waals surface area contributed by atoms with Gasteiger partial charge < -0.3 is 14.6 Å². The molecule has 18 heavy (non-hydrogen) atoms. The van der Waals surface area contributed by atoms with Crippen molar-refractivity contribution in [3.63, 3.8) is 0 Å². The first kappa shape index (κ1) is 13.3. The highest BCUT2D eigenvalue weighted by Crippen LogP contribution is 2.24. The maximum absolute atomic E-state index is 9.41. The lowest BCUT2D eigenvalue weighted by molar-refractivity contribution is 0.107. The Bertz CT molecular complexity index is 386. The highest BCUT2D eigenvalue weighted by atomic mass is 16.5. The van der Waals surface area contributed by atoms with Crippen LogP contribution in [0.25, 0.3) is 0 Å². The van der Waals surface area contributed by atoms with Gasteiger partial charge >= 0.3 is 0 Å². The van der Waals surface area contributed by atoms with E-state index in [-0.39, 0.29) is 18.8 Å². The fraction of sp³-hybridized carbons (Fsp3) is 0.615. The standard InChI is InChI=1S/C13H20N2O3/c1-17-12-6-11(9-16)15(8-12)7-10-4-3-5-14-13(10)18-2/h3-5,11-12,16H,6-9H2,1-2H3/t11-,12+/m0/s1. The molecule has 1 N–H and O–H groups in total. The van der Waals surface area contributed by atoms with E-state index >= 15 is 0 Å². The van der Waals surface area contributed by atoms with Crippen molar-refractivity contribution in [1.82, 2.24) is 9.88 Å². The van der Waals surface area contributed by atoms with Crippen molar-refractivity contribution in [3.8, 4) is 5.88 Å². The van der Waals surface area contributed by atoms with Crippen molar-refractivity contribution >= 4 is 0 Å². The first-order valence-electron chi connectivity index (χ1n) is 6.14. The Balaban J connectivity index is 2.08. The molecule has 0 unspecified atom stereocenters. The Morgan fingerprint density at radius 1 is 1.50 bits per heavy atom. The van der Waals surface area contributed by atoms with Crippen LogP contribution in [0, 0.1) is 0 Å². The molecule has 5 heteroatoms. The number of rotatable bonds is 5. The van der Waals surface area contributed by atoms with Gasteiger partial charge in [-0.25, -0.2) is 4.98 Å². The van der Waals surface area contributed by atoms with Crippen LogP contribution in [0.2, 0.25) is 0 Å². The van der Waals surface area contributed by atoms with Gasteiger partial charge in [0.2, 0.25) is 5.88 Å². The Morgan fingerprint density at radius 3 is 3.00 bits per heavy atom. The van der Waals surface area contributed by atoms with Gasteiger partial charge in [0.1, 0.15) is 0 Å². The molecule has 0 aliphatic carbocycles. The number of pyridine rings is 1. The highest BCUT2D eigenvalue weighted by Gasteiger charge is 2.31. The van der Waals surface area contributed by atoms with Gasteiger partial charge in [-0.2, -0.15) is 0 Å². The molecule has 0 aromatic carbocycles. The summed E-state index contributed by atoms with van der Waals surface area (Å²) in [6.07, 6.45) is 2.79. The molecular weight excluding hydrogens is 232 g/mol. The number of nitrogens with zero attached hydrogens (tertiary/aromatic N) is 2. The van der Waals surface area contributed by atoms with Crippen LogP contribution in [-0.2, 0) is 11.3 Å². The lowest BCUT2D eigenvalue weighted by atomic mass is 10.2. The number of aliphatic hydroxyl groups is 1. The third-order valence-corrected chi connectivity index (χ3v) is 3.45. The minimum absolute atomic E-state index is 0.153. The van der Waals surface area contributed by atoms with E-state index in [2.05, 4.69) is 9.88 Å². The van der Waals surface area contributed by atoms with Gasteiger partial charge in [0.15, 0.2) is 0 Å². The lowest BCUT2D eigenvalue weighted by Gasteiger charge is -2.22. The largest absolute Gasteiger partial charge is 0.481 e. The Morgan fingerprint density at radius 2 is 2.33 bits per heavy atom. The van der Waals surface area contributed by atoms with Gasteiger partial charge in [-0.05, 0) is 12.5 Å². The van der Waals surface area contributed by atoms with Gasteiger partial charge in [0, 0.05) is 38.0 Å². The van der Waals surface area contributed by atoms with Gasteiger partial charge in [0.05, 0.1) is 19.8 Å². The Hall–Kier alpha value is -1.17. The molecule has 1 fully saturated rings. The third-order valence-electron chi connectivity index (χ3n) is 3.45. The van der Waals surface area contributed by atoms with E-state index < -0.39 is 0 Å². The van der Waals surface area contributed by atoms with Crippen LogP contribution in [0.4, 0.5) is 0 Å². The molecule has 2 atom stereocenters. The van der Waals surface area contributed by atoms with Crippen molar-refractivity contribution in [3.05, 3.63) is 23.9 Å². The van der Waals surface area contributed by atoms with Crippen molar-refractivity contribution in [2.45, 2.75) is 25.1 Å². The molecule has 2 rings (SSSR count). The van der Waals surface area contributed by atoms with Crippen LogP contribution in [0.15, 0.2) is 18.3 Å². The van der Waals surface area contributed by atoms with Gasteiger partial charge in [-0.15, -0.1) is 0 Å². The van der Waals surface area contributed by atoms with Gasteiger partial charge in [0.25, 0.3) is 0 Å². The van der Waals surface area contributed by atoms with E-state index in [1.165, 1.54) is 0 Å². The molecule has 1 aliphatic rings. The second-order valence-corrected chi connectivity index (χ2v) is 4.53. The smallest absolute Gasteiger partial charge is 0.217 e. The molecule has 1 aromatic heterocycles. The summed E-state index contributed by atoms with van der Waals surface area (Å²) >= 11 is 0. The van der Waals surface area contributed by atoms with Crippen molar-refractivity contribution < 1.29 is 14.6 Å². The van der Waals surface area contributed by atoms with Crippen LogP contribution >= 0.6 is 0 Å². The second kappa shape index (κ2) is 6.13. The molecule has 1 aliphatic heterocycles. The second-order valence-electron chi connectivity index (χ2n) is 4.53. The number of likely N-dealkylation sites (tertiary alicyclic amines) is 1. The first-order valence-corrected chi connectivity index (χ1v) is 6.14. The molecule has 0 radical (unpaired) electrons. The number of aromatic nitrogens is 1. The molecule has 1 saturated heterocycles. The summed E-state index contributed by atoms with van der Waals surface area (Å²) in [6, 6.07) is 4.05. The number of hydrogen-bond donors (Lipinski definition) is 1. The number of hydrogen-bond acceptors (Lipinski definition) is 5. The number of methoxy groups -OCH3 is 2. The average molecular weight is 252 g/mol. The van der Waals surface area contributed by atoms with E-state index in [1.807, 2.05) is 12.1 Å². The summed E-state index contributed by atoms with van der Waals surface area (Å²) in [5.41, 5.74) is 1.04. The monoisotopic (exact) mass is 252 g/mol. The molecule has 0 spiro atoms. The molecule has 0 bridgehead atoms. The van der Waals surface area contributed by atoms with Crippen LogP contribution < -0.4 is 4.74 Å². The summed E-state index contributed by atoms with van der Waals surface area (Å²) in [7, 11) is 3.34. The van der Waals surface area contributed by atoms with E-state index in [0.717, 1.165) is 25.1 Å². The molecule has 100 valence electrons. The molecule has 1 aromatic rings. The van der Waals surface area contributed by atoms with E-state index in [1.54, 1.807) is 20.4 Å². The van der Waals surface area contributed by atoms with Gasteiger partial charge in [-0.3, -0.25) is 4.90 Å². The zero-order valence-electron chi connectivity index (χ0n) is 10.9. The van der Waals surface area contributed by atoms with Crippen molar-refractivity contribution in [2.75, 3.05) is 27.4 Å². The van der Waals surface area contributed by atoms with Gasteiger partial charge in [-0.1, -0.05) is 6.07 Å². The van der Waals surface area contributed by atoms with Crippen LogP contribution in [-0.4, -0.2) is 54.5 Å². The zero-order chi connectivity index (χ0) is 13.0. The van der Waals surface area contributed by atoms with E-state index in [4.69, 9.17) is 9.47 Å². The summed E-state index contributed by atoms with van der Waals surface area (Å²) in [4.78, 5) is 6.40. The topological polar surface area (TPSA) is 54.8 Å². The number of ether oxygens (including phenoxy) is 2. The summed E-state index contributed by atoms with van der Waals surface area (Å²) in [5.74, 6) is 0.648. The summed E-state index contributed by atoms with van der Waals surface area (Å²) in [6.45, 7) is 1.71. The van der Waals surface area contributed by atoms with Crippen LogP contribution in [0.5, 0.6) is 5.88 Å². The van der Waals surface area contributed by atoms with Crippen molar-refractivity contribution in [2.24, 2.45) is 0 Å². The third kappa shape index (κ3) is 2.80. The molecule has 5 nitrogen and oxygen atoms in total. The van der Waals surface area contributed by atoms with E-state index in [0.29, 0.717) is 5.88 Å². The minimum atomic E-state index is 0.153. The fourth-order valence-electron chi connectivity index (χ4n) is 2.44. The molecule has 2 heterocycles. The Kier molecular flexibility index (Phi) is 4.52. The maximum Gasteiger partial charge on any atom is 0.217 e. The van der Waals surface area contributed by atoms with E-state index in [9.17, 15) is 5.11 Å². The zero-order valence-corrected chi connectivity index (χ0v) is 10.9. The molecular formula is C13H20N2O3. The fourth-order valence-corrected chi connectivity index (χ4v) is 2.44. The SMILES string of the molecule is COc1ncccc1CN1C[C@H](OC)C[C@H]1CO. The maximum atomic E-state index is 9.41. The highest BCUT2D eigenvalue weighted by molar-refractivity contribution is 5.25. The van der Waals surface area contributed by atoms with Crippen LogP contribution in [0.1, 0.15) is 12.0 Å². The normalized spacial score (nSPS) is 24.4. The number of aliphatic hydroxyl groups excluding tert-OH is 1. The predicted octanol–water partition coefficient (Wildman–Crippen LogP) is 0.672. The quantitative estimate of drug-likeness (QED) is 0.835. The summed E-state index contributed by atoms with van der Waals surface area (Å²) in [5, 5.41) is 9.41. The molecule has 0 amide bonds.